The number of primary amides is 1. The number of carbonyl (C=O) groups is 2. The molecule has 0 radical (unpaired) electrons. The summed E-state index contributed by atoms with van der Waals surface area (Å²) in [5, 5.41) is 9.52. The second-order valence-electron chi connectivity index (χ2n) is 4.74. The zero-order valence-electron chi connectivity index (χ0n) is 11.0. The van der Waals surface area contributed by atoms with Gasteiger partial charge in [0, 0.05) is 18.7 Å². The van der Waals surface area contributed by atoms with Crippen LogP contribution in [0.15, 0.2) is 6.20 Å². The molecular formula is C12H19N5O2. The van der Waals surface area contributed by atoms with E-state index in [4.69, 9.17) is 5.73 Å². The molecule has 2 heterocycles. The molecule has 1 unspecified atom stereocenters. The molecule has 3 amide bonds. The van der Waals surface area contributed by atoms with Crippen molar-refractivity contribution in [2.24, 2.45) is 11.7 Å². The number of nitrogens with two attached hydrogens (primary N) is 1. The quantitative estimate of drug-likeness (QED) is 0.749. The number of anilines is 1. The van der Waals surface area contributed by atoms with Crippen LogP contribution in [0.25, 0.3) is 0 Å². The maximum atomic E-state index is 12.2. The van der Waals surface area contributed by atoms with Gasteiger partial charge in [0.15, 0.2) is 0 Å². The fraction of sp³-hybridized carbons (Fsp3) is 0.583. The molecule has 1 aromatic heterocycles. The van der Waals surface area contributed by atoms with E-state index in [1.54, 1.807) is 6.20 Å². The molecule has 7 heteroatoms. The van der Waals surface area contributed by atoms with E-state index >= 15 is 0 Å². The van der Waals surface area contributed by atoms with Gasteiger partial charge in [-0.15, -0.1) is 0 Å². The Morgan fingerprint density at radius 1 is 1.63 bits per heavy atom. The van der Waals surface area contributed by atoms with E-state index in [2.05, 4.69) is 15.5 Å². The van der Waals surface area contributed by atoms with Crippen LogP contribution in [0.4, 0.5) is 10.6 Å². The number of nitrogens with zero attached hydrogens (tertiary/aromatic N) is 2. The smallest absolute Gasteiger partial charge is 0.314 e. The Bertz CT molecular complexity index is 470. The third-order valence-electron chi connectivity index (χ3n) is 3.45. The summed E-state index contributed by atoms with van der Waals surface area (Å²) in [5.74, 6) is 0.336. The van der Waals surface area contributed by atoms with Gasteiger partial charge in [0.05, 0.1) is 12.1 Å². The van der Waals surface area contributed by atoms with Crippen molar-refractivity contribution >= 4 is 17.8 Å². The first-order valence-corrected chi connectivity index (χ1v) is 6.49. The third kappa shape index (κ3) is 3.04. The number of urea groups is 1. The lowest BCUT2D eigenvalue weighted by Crippen LogP contribution is -2.46. The standard InChI is InChI=1S/C12H19N5O2/c1-2-8-6-14-16-10(8)15-11(18)9-4-3-5-17(7-9)12(13)19/h6,9H,2-5,7H2,1H3,(H2,13,19)(H2,14,15,16,18). The van der Waals surface area contributed by atoms with E-state index in [0.29, 0.717) is 18.9 Å². The van der Waals surface area contributed by atoms with E-state index in [9.17, 15) is 9.59 Å². The van der Waals surface area contributed by atoms with E-state index in [-0.39, 0.29) is 11.8 Å². The number of H-pyrrole nitrogens is 1. The van der Waals surface area contributed by atoms with Crippen LogP contribution in [0.1, 0.15) is 25.3 Å². The van der Waals surface area contributed by atoms with Crippen molar-refractivity contribution in [1.29, 1.82) is 0 Å². The average molecular weight is 265 g/mol. The number of amides is 3. The molecule has 1 saturated heterocycles. The lowest BCUT2D eigenvalue weighted by atomic mass is 9.97. The van der Waals surface area contributed by atoms with E-state index in [1.807, 2.05) is 6.92 Å². The molecule has 2 rings (SSSR count). The highest BCUT2D eigenvalue weighted by Crippen LogP contribution is 2.19. The Balaban J connectivity index is 1.98. The van der Waals surface area contributed by atoms with E-state index < -0.39 is 6.03 Å². The minimum absolute atomic E-state index is 0.0927. The molecule has 0 aromatic carbocycles. The van der Waals surface area contributed by atoms with Crippen molar-refractivity contribution in [2.75, 3.05) is 18.4 Å². The summed E-state index contributed by atoms with van der Waals surface area (Å²) in [6, 6.07) is -0.465. The number of likely N-dealkylation sites (tertiary alicyclic amines) is 1. The van der Waals surface area contributed by atoms with Gasteiger partial charge in [0.2, 0.25) is 5.91 Å². The summed E-state index contributed by atoms with van der Waals surface area (Å²) < 4.78 is 0. The predicted octanol–water partition coefficient (Wildman–Crippen LogP) is 0.701. The van der Waals surface area contributed by atoms with Crippen molar-refractivity contribution in [3.63, 3.8) is 0 Å². The normalized spacial score (nSPS) is 19.2. The van der Waals surface area contributed by atoms with Gasteiger partial charge in [-0.3, -0.25) is 9.89 Å². The molecule has 1 atom stereocenters. The minimum atomic E-state index is -0.465. The maximum Gasteiger partial charge on any atom is 0.314 e. The number of carbonyl (C=O) groups excluding carboxylic acids is 2. The number of aromatic amines is 1. The van der Waals surface area contributed by atoms with Crippen LogP contribution in [0.3, 0.4) is 0 Å². The number of hydrogen-bond acceptors (Lipinski definition) is 3. The van der Waals surface area contributed by atoms with Crippen LogP contribution in [0, 0.1) is 5.92 Å². The molecule has 1 aliphatic rings. The van der Waals surface area contributed by atoms with Crippen LogP contribution in [-0.4, -0.2) is 40.1 Å². The van der Waals surface area contributed by atoms with Gasteiger partial charge in [-0.05, 0) is 19.3 Å². The molecule has 0 spiro atoms. The largest absolute Gasteiger partial charge is 0.351 e. The third-order valence-corrected chi connectivity index (χ3v) is 3.45. The van der Waals surface area contributed by atoms with E-state index in [0.717, 1.165) is 24.8 Å². The topological polar surface area (TPSA) is 104 Å². The molecule has 0 bridgehead atoms. The molecule has 1 aliphatic heterocycles. The molecular weight excluding hydrogens is 246 g/mol. The second kappa shape index (κ2) is 5.73. The zero-order chi connectivity index (χ0) is 13.8. The van der Waals surface area contributed by atoms with E-state index in [1.165, 1.54) is 4.90 Å². The lowest BCUT2D eigenvalue weighted by molar-refractivity contribution is -0.121. The fourth-order valence-corrected chi connectivity index (χ4v) is 2.30. The molecule has 0 aliphatic carbocycles. The highest BCUT2D eigenvalue weighted by atomic mass is 16.2. The number of aryl methyl sites for hydroxylation is 1. The Morgan fingerprint density at radius 3 is 3.11 bits per heavy atom. The second-order valence-corrected chi connectivity index (χ2v) is 4.74. The van der Waals surface area contributed by atoms with Crippen molar-refractivity contribution in [3.8, 4) is 0 Å². The first-order chi connectivity index (χ1) is 9.11. The lowest BCUT2D eigenvalue weighted by Gasteiger charge is -2.30. The summed E-state index contributed by atoms with van der Waals surface area (Å²) >= 11 is 0. The van der Waals surface area contributed by atoms with Crippen LogP contribution in [0.2, 0.25) is 0 Å². The Morgan fingerprint density at radius 2 is 2.42 bits per heavy atom. The average Bonchev–Trinajstić information content (AvgIpc) is 2.86. The van der Waals surface area contributed by atoms with Crippen LogP contribution in [0.5, 0.6) is 0 Å². The van der Waals surface area contributed by atoms with Crippen molar-refractivity contribution in [1.82, 2.24) is 15.1 Å². The number of hydrogen-bond donors (Lipinski definition) is 3. The molecule has 1 fully saturated rings. The molecule has 0 saturated carbocycles. The predicted molar refractivity (Wildman–Crippen MR) is 70.5 cm³/mol. The van der Waals surface area contributed by atoms with Gasteiger partial charge >= 0.3 is 6.03 Å². The van der Waals surface area contributed by atoms with Crippen LogP contribution in [-0.2, 0) is 11.2 Å². The molecule has 104 valence electrons. The van der Waals surface area contributed by atoms with Gasteiger partial charge < -0.3 is 16.0 Å². The number of aromatic nitrogens is 2. The molecule has 19 heavy (non-hydrogen) atoms. The summed E-state index contributed by atoms with van der Waals surface area (Å²) in [6.07, 6.45) is 4.06. The van der Waals surface area contributed by atoms with Crippen molar-refractivity contribution in [2.45, 2.75) is 26.2 Å². The number of nitrogens with one attached hydrogen (secondary N) is 2. The molecule has 1 aromatic rings. The summed E-state index contributed by atoms with van der Waals surface area (Å²) in [5.41, 5.74) is 6.22. The number of rotatable bonds is 3. The molecule has 7 nitrogen and oxygen atoms in total. The monoisotopic (exact) mass is 265 g/mol. The first kappa shape index (κ1) is 13.4. The first-order valence-electron chi connectivity index (χ1n) is 6.49. The molecule has 4 N–H and O–H groups in total. The highest BCUT2D eigenvalue weighted by molar-refractivity contribution is 5.92. The van der Waals surface area contributed by atoms with Crippen molar-refractivity contribution in [3.05, 3.63) is 11.8 Å². The van der Waals surface area contributed by atoms with Gasteiger partial charge in [0.1, 0.15) is 5.82 Å². The Hall–Kier alpha value is -2.05. The highest BCUT2D eigenvalue weighted by Gasteiger charge is 2.27. The maximum absolute atomic E-state index is 12.2. The Labute approximate surface area is 111 Å². The summed E-state index contributed by atoms with van der Waals surface area (Å²) in [7, 11) is 0. The van der Waals surface area contributed by atoms with Crippen molar-refractivity contribution < 1.29 is 9.59 Å². The summed E-state index contributed by atoms with van der Waals surface area (Å²) in [4.78, 5) is 24.8. The zero-order valence-corrected chi connectivity index (χ0v) is 11.0. The van der Waals surface area contributed by atoms with Gasteiger partial charge in [-0.2, -0.15) is 5.10 Å². The van der Waals surface area contributed by atoms with Gasteiger partial charge in [0.25, 0.3) is 0 Å². The SMILES string of the molecule is CCc1cn[nH]c1NC(=O)C1CCCN(C(N)=O)C1. The van der Waals surface area contributed by atoms with Crippen LogP contribution < -0.4 is 11.1 Å². The summed E-state index contributed by atoms with van der Waals surface area (Å²) in [6.45, 7) is 3.01. The van der Waals surface area contributed by atoms with Crippen LogP contribution >= 0.6 is 0 Å². The van der Waals surface area contributed by atoms with Gasteiger partial charge in [-0.25, -0.2) is 4.79 Å². The minimum Gasteiger partial charge on any atom is -0.351 e. The fourth-order valence-electron chi connectivity index (χ4n) is 2.30. The number of piperidine rings is 1. The Kier molecular flexibility index (Phi) is 4.03. The van der Waals surface area contributed by atoms with Gasteiger partial charge in [-0.1, -0.05) is 6.92 Å².